The van der Waals surface area contributed by atoms with Gasteiger partial charge in [-0.1, -0.05) is 17.3 Å². The Labute approximate surface area is 125 Å². The predicted molar refractivity (Wildman–Crippen MR) is 82.0 cm³/mol. The van der Waals surface area contributed by atoms with Gasteiger partial charge in [-0.05, 0) is 13.3 Å². The Morgan fingerprint density at radius 3 is 3.05 bits per heavy atom. The number of rotatable bonds is 4. The van der Waals surface area contributed by atoms with Gasteiger partial charge >= 0.3 is 0 Å². The van der Waals surface area contributed by atoms with Crippen LogP contribution in [0, 0.1) is 0 Å². The van der Waals surface area contributed by atoms with Gasteiger partial charge in [0.2, 0.25) is 0 Å². The van der Waals surface area contributed by atoms with Crippen molar-refractivity contribution in [3.05, 3.63) is 30.2 Å². The number of likely N-dealkylation sites (tertiary alicyclic amines) is 1. The molecule has 2 aliphatic rings. The number of aromatic nitrogens is 1. The van der Waals surface area contributed by atoms with Crippen molar-refractivity contribution in [3.8, 4) is 0 Å². The fourth-order valence-electron chi connectivity index (χ4n) is 2.93. The SMILES string of the molecule is CCNC(=NCc1ccon1)N1CCC(N2CC=CC2)C1. The number of guanidine groups is 1. The fourth-order valence-corrected chi connectivity index (χ4v) is 2.93. The van der Waals surface area contributed by atoms with Crippen molar-refractivity contribution in [3.63, 3.8) is 0 Å². The lowest BCUT2D eigenvalue weighted by Crippen LogP contribution is -2.42. The minimum absolute atomic E-state index is 0.561. The average molecular weight is 289 g/mol. The van der Waals surface area contributed by atoms with Crippen molar-refractivity contribution >= 4 is 5.96 Å². The van der Waals surface area contributed by atoms with E-state index in [1.807, 2.05) is 6.07 Å². The first-order valence-corrected chi connectivity index (χ1v) is 7.68. The molecule has 3 rings (SSSR count). The van der Waals surface area contributed by atoms with E-state index in [0.29, 0.717) is 12.6 Å². The maximum Gasteiger partial charge on any atom is 0.194 e. The lowest BCUT2D eigenvalue weighted by Gasteiger charge is -2.25. The number of hydrogen-bond donors (Lipinski definition) is 1. The van der Waals surface area contributed by atoms with Crippen molar-refractivity contribution < 1.29 is 4.52 Å². The van der Waals surface area contributed by atoms with Crippen LogP contribution in [0.2, 0.25) is 0 Å². The van der Waals surface area contributed by atoms with Gasteiger partial charge in [0.05, 0.1) is 6.54 Å². The molecule has 0 amide bonds. The monoisotopic (exact) mass is 289 g/mol. The molecule has 1 unspecified atom stereocenters. The minimum Gasteiger partial charge on any atom is -0.364 e. The summed E-state index contributed by atoms with van der Waals surface area (Å²) in [5.41, 5.74) is 0.866. The highest BCUT2D eigenvalue weighted by atomic mass is 16.5. The van der Waals surface area contributed by atoms with E-state index in [2.05, 4.69) is 44.3 Å². The van der Waals surface area contributed by atoms with E-state index in [1.165, 1.54) is 6.42 Å². The summed E-state index contributed by atoms with van der Waals surface area (Å²) in [5.74, 6) is 0.982. The second-order valence-electron chi connectivity index (χ2n) is 5.47. The third-order valence-corrected chi connectivity index (χ3v) is 4.04. The molecule has 1 N–H and O–H groups in total. The summed E-state index contributed by atoms with van der Waals surface area (Å²) in [4.78, 5) is 9.56. The quantitative estimate of drug-likeness (QED) is 0.511. The van der Waals surface area contributed by atoms with Crippen LogP contribution in [0.5, 0.6) is 0 Å². The first-order valence-electron chi connectivity index (χ1n) is 7.68. The Balaban J connectivity index is 1.60. The van der Waals surface area contributed by atoms with Gasteiger partial charge in [-0.25, -0.2) is 4.99 Å². The largest absolute Gasteiger partial charge is 0.364 e. The molecular weight excluding hydrogens is 266 g/mol. The van der Waals surface area contributed by atoms with E-state index in [0.717, 1.165) is 44.4 Å². The first-order chi connectivity index (χ1) is 10.4. The fraction of sp³-hybridized carbons (Fsp3) is 0.600. The highest BCUT2D eigenvalue weighted by molar-refractivity contribution is 5.80. The maximum absolute atomic E-state index is 4.85. The Morgan fingerprint density at radius 1 is 1.48 bits per heavy atom. The number of nitrogens with one attached hydrogen (secondary N) is 1. The molecule has 1 aromatic heterocycles. The van der Waals surface area contributed by atoms with Gasteiger partial charge in [0, 0.05) is 44.8 Å². The van der Waals surface area contributed by atoms with Gasteiger partial charge in [0.15, 0.2) is 5.96 Å². The molecule has 2 aliphatic heterocycles. The number of aliphatic imine (C=N–C) groups is 1. The minimum atomic E-state index is 0.561. The first kappa shape index (κ1) is 14.1. The molecule has 114 valence electrons. The Hall–Kier alpha value is -1.82. The van der Waals surface area contributed by atoms with E-state index in [4.69, 9.17) is 4.52 Å². The summed E-state index contributed by atoms with van der Waals surface area (Å²) in [6.45, 7) is 7.83. The lowest BCUT2D eigenvalue weighted by atomic mass is 10.2. The summed E-state index contributed by atoms with van der Waals surface area (Å²) in [6.07, 6.45) is 7.30. The van der Waals surface area contributed by atoms with Crippen LogP contribution in [0.1, 0.15) is 19.0 Å². The normalized spacial score (nSPS) is 23.2. The standard InChI is InChI=1S/C15H23N5O/c1-2-16-15(17-11-13-6-10-21-18-13)20-9-5-14(12-20)19-7-3-4-8-19/h3-4,6,10,14H,2,5,7-9,11-12H2,1H3,(H,16,17). The molecule has 1 aromatic rings. The Morgan fingerprint density at radius 2 is 2.33 bits per heavy atom. The van der Waals surface area contributed by atoms with E-state index in [9.17, 15) is 0 Å². The van der Waals surface area contributed by atoms with Gasteiger partial charge in [0.25, 0.3) is 0 Å². The summed E-state index contributed by atoms with van der Waals surface area (Å²) in [5, 5.41) is 7.29. The summed E-state index contributed by atoms with van der Waals surface area (Å²) >= 11 is 0. The van der Waals surface area contributed by atoms with E-state index >= 15 is 0 Å². The van der Waals surface area contributed by atoms with Gasteiger partial charge in [-0.15, -0.1) is 0 Å². The zero-order chi connectivity index (χ0) is 14.5. The number of nitrogens with zero attached hydrogens (tertiary/aromatic N) is 4. The molecule has 0 aliphatic carbocycles. The molecule has 0 saturated carbocycles. The molecular formula is C15H23N5O. The lowest BCUT2D eigenvalue weighted by molar-refractivity contribution is 0.259. The average Bonchev–Trinajstić information content (AvgIpc) is 3.25. The van der Waals surface area contributed by atoms with Crippen LogP contribution < -0.4 is 5.32 Å². The molecule has 1 atom stereocenters. The van der Waals surface area contributed by atoms with Crippen molar-refractivity contribution in [1.82, 2.24) is 20.3 Å². The van der Waals surface area contributed by atoms with Gasteiger partial charge in [-0.3, -0.25) is 4.90 Å². The van der Waals surface area contributed by atoms with Crippen LogP contribution >= 0.6 is 0 Å². The third-order valence-electron chi connectivity index (χ3n) is 4.04. The van der Waals surface area contributed by atoms with Crippen LogP contribution in [-0.4, -0.2) is 59.7 Å². The highest BCUT2D eigenvalue weighted by Gasteiger charge is 2.29. The van der Waals surface area contributed by atoms with Gasteiger partial charge in [0.1, 0.15) is 12.0 Å². The van der Waals surface area contributed by atoms with Crippen LogP contribution in [0.4, 0.5) is 0 Å². The van der Waals surface area contributed by atoms with Crippen LogP contribution in [-0.2, 0) is 6.54 Å². The molecule has 0 aromatic carbocycles. The summed E-state index contributed by atoms with van der Waals surface area (Å²) < 4.78 is 4.85. The Bertz CT molecular complexity index is 488. The second-order valence-corrected chi connectivity index (χ2v) is 5.47. The molecule has 6 heteroatoms. The molecule has 3 heterocycles. The van der Waals surface area contributed by atoms with E-state index in [1.54, 1.807) is 6.26 Å². The molecule has 1 fully saturated rings. The topological polar surface area (TPSA) is 56.9 Å². The Kier molecular flexibility index (Phi) is 4.55. The molecule has 6 nitrogen and oxygen atoms in total. The van der Waals surface area contributed by atoms with E-state index in [-0.39, 0.29) is 0 Å². The third kappa shape index (κ3) is 3.44. The van der Waals surface area contributed by atoms with Crippen LogP contribution in [0.3, 0.4) is 0 Å². The number of hydrogen-bond acceptors (Lipinski definition) is 4. The molecule has 0 radical (unpaired) electrons. The van der Waals surface area contributed by atoms with Crippen LogP contribution in [0.25, 0.3) is 0 Å². The van der Waals surface area contributed by atoms with Gasteiger partial charge in [-0.2, -0.15) is 0 Å². The second kappa shape index (κ2) is 6.76. The van der Waals surface area contributed by atoms with Crippen molar-refractivity contribution in [2.24, 2.45) is 4.99 Å². The maximum atomic E-state index is 4.85. The van der Waals surface area contributed by atoms with Gasteiger partial charge < -0.3 is 14.7 Å². The van der Waals surface area contributed by atoms with Crippen molar-refractivity contribution in [1.29, 1.82) is 0 Å². The van der Waals surface area contributed by atoms with E-state index < -0.39 is 0 Å². The molecule has 21 heavy (non-hydrogen) atoms. The van der Waals surface area contributed by atoms with Crippen molar-refractivity contribution in [2.75, 3.05) is 32.7 Å². The molecule has 0 spiro atoms. The smallest absolute Gasteiger partial charge is 0.194 e. The summed E-state index contributed by atoms with van der Waals surface area (Å²) in [6, 6.07) is 2.49. The van der Waals surface area contributed by atoms with Crippen LogP contribution in [0.15, 0.2) is 34.0 Å². The predicted octanol–water partition coefficient (Wildman–Crippen LogP) is 1.09. The van der Waals surface area contributed by atoms with Crippen molar-refractivity contribution in [2.45, 2.75) is 25.9 Å². The summed E-state index contributed by atoms with van der Waals surface area (Å²) in [7, 11) is 0. The molecule has 0 bridgehead atoms. The molecule has 1 saturated heterocycles. The zero-order valence-corrected chi connectivity index (χ0v) is 12.5. The highest BCUT2D eigenvalue weighted by Crippen LogP contribution is 2.18. The zero-order valence-electron chi connectivity index (χ0n) is 12.5.